The third kappa shape index (κ3) is 3.20. The van der Waals surface area contributed by atoms with Gasteiger partial charge in [-0.05, 0) is 29.6 Å². The van der Waals surface area contributed by atoms with Gasteiger partial charge in [0.1, 0.15) is 5.82 Å². The van der Waals surface area contributed by atoms with Crippen molar-refractivity contribution in [2.75, 3.05) is 0 Å². The predicted octanol–water partition coefficient (Wildman–Crippen LogP) is 2.72. The summed E-state index contributed by atoms with van der Waals surface area (Å²) in [5, 5.41) is 4.20. The highest BCUT2D eigenvalue weighted by Gasteiger charge is 2.27. The van der Waals surface area contributed by atoms with Crippen LogP contribution in [0.2, 0.25) is 0 Å². The molecule has 0 fully saturated rings. The Hall–Kier alpha value is -1.37. The molecular formula is C14H19FN4S. The van der Waals surface area contributed by atoms with Crippen LogP contribution in [0.1, 0.15) is 42.9 Å². The Kier molecular flexibility index (Phi) is 4.47. The van der Waals surface area contributed by atoms with E-state index in [1.165, 1.54) is 17.6 Å². The Labute approximate surface area is 122 Å². The van der Waals surface area contributed by atoms with Crippen molar-refractivity contribution in [2.45, 2.75) is 38.6 Å². The van der Waals surface area contributed by atoms with Gasteiger partial charge in [0, 0.05) is 5.41 Å². The van der Waals surface area contributed by atoms with Gasteiger partial charge in [-0.15, -0.1) is 5.10 Å². The standard InChI is InChI=1S/C14H19FN4S/c1-14(2,3)13-12(20-19-18-13)11(17-16)8-9-6-4-5-7-10(9)15/h4-7,11,17H,8,16H2,1-3H3. The van der Waals surface area contributed by atoms with Crippen LogP contribution in [0.15, 0.2) is 24.3 Å². The number of rotatable bonds is 4. The molecule has 0 aliphatic heterocycles. The fourth-order valence-electron chi connectivity index (χ4n) is 2.06. The summed E-state index contributed by atoms with van der Waals surface area (Å²) in [5.74, 6) is 5.43. The maximum Gasteiger partial charge on any atom is 0.126 e. The number of halogens is 1. The van der Waals surface area contributed by atoms with Crippen LogP contribution in [-0.4, -0.2) is 9.59 Å². The predicted molar refractivity (Wildman–Crippen MR) is 78.8 cm³/mol. The average Bonchev–Trinajstić information content (AvgIpc) is 2.87. The average molecular weight is 294 g/mol. The number of hydrazine groups is 1. The number of hydrogen-bond donors (Lipinski definition) is 2. The molecule has 0 aliphatic carbocycles. The molecular weight excluding hydrogens is 275 g/mol. The van der Waals surface area contributed by atoms with Gasteiger partial charge in [0.15, 0.2) is 0 Å². The minimum absolute atomic E-state index is 0.118. The lowest BCUT2D eigenvalue weighted by Gasteiger charge is -2.21. The highest BCUT2D eigenvalue weighted by Crippen LogP contribution is 2.31. The van der Waals surface area contributed by atoms with Crippen molar-refractivity contribution in [3.63, 3.8) is 0 Å². The molecule has 1 atom stereocenters. The van der Waals surface area contributed by atoms with E-state index in [0.29, 0.717) is 12.0 Å². The molecule has 1 aromatic carbocycles. The number of benzene rings is 1. The molecule has 108 valence electrons. The third-order valence-corrected chi connectivity index (χ3v) is 3.96. The molecule has 1 unspecified atom stereocenters. The SMILES string of the molecule is CC(C)(C)c1nnsc1C(Cc1ccccc1F)NN. The number of hydrogen-bond acceptors (Lipinski definition) is 5. The van der Waals surface area contributed by atoms with E-state index in [1.54, 1.807) is 12.1 Å². The van der Waals surface area contributed by atoms with Crippen LogP contribution < -0.4 is 11.3 Å². The zero-order chi connectivity index (χ0) is 14.8. The molecule has 0 spiro atoms. The normalized spacial score (nSPS) is 13.4. The fourth-order valence-corrected chi connectivity index (χ4v) is 2.98. The maximum atomic E-state index is 13.8. The van der Waals surface area contributed by atoms with Crippen molar-refractivity contribution < 1.29 is 4.39 Å². The monoisotopic (exact) mass is 294 g/mol. The van der Waals surface area contributed by atoms with E-state index in [1.807, 2.05) is 6.07 Å². The smallest absolute Gasteiger partial charge is 0.126 e. The molecule has 2 aromatic rings. The quantitative estimate of drug-likeness (QED) is 0.672. The minimum Gasteiger partial charge on any atom is -0.271 e. The highest BCUT2D eigenvalue weighted by atomic mass is 32.1. The second-order valence-electron chi connectivity index (χ2n) is 5.75. The van der Waals surface area contributed by atoms with Gasteiger partial charge in [0.05, 0.1) is 16.6 Å². The summed E-state index contributed by atoms with van der Waals surface area (Å²) in [6.45, 7) is 6.22. The molecule has 1 aromatic heterocycles. The van der Waals surface area contributed by atoms with Crippen LogP contribution in [-0.2, 0) is 11.8 Å². The van der Waals surface area contributed by atoms with E-state index in [0.717, 1.165) is 10.6 Å². The first-order valence-electron chi connectivity index (χ1n) is 6.45. The van der Waals surface area contributed by atoms with Gasteiger partial charge in [-0.25, -0.2) is 4.39 Å². The lowest BCUT2D eigenvalue weighted by Crippen LogP contribution is -2.31. The fraction of sp³-hybridized carbons (Fsp3) is 0.429. The first kappa shape index (κ1) is 15.0. The summed E-state index contributed by atoms with van der Waals surface area (Å²) < 4.78 is 17.8. The van der Waals surface area contributed by atoms with Crippen molar-refractivity contribution in [2.24, 2.45) is 5.84 Å². The lowest BCUT2D eigenvalue weighted by atomic mass is 9.89. The van der Waals surface area contributed by atoms with Crippen molar-refractivity contribution in [3.8, 4) is 0 Å². The van der Waals surface area contributed by atoms with Crippen molar-refractivity contribution in [1.29, 1.82) is 0 Å². The zero-order valence-corrected chi connectivity index (χ0v) is 12.7. The van der Waals surface area contributed by atoms with Gasteiger partial charge in [0.25, 0.3) is 0 Å². The first-order chi connectivity index (χ1) is 9.43. The second kappa shape index (κ2) is 5.95. The van der Waals surface area contributed by atoms with Crippen LogP contribution in [0.4, 0.5) is 4.39 Å². The maximum absolute atomic E-state index is 13.8. The topological polar surface area (TPSA) is 63.8 Å². The van der Waals surface area contributed by atoms with E-state index in [9.17, 15) is 4.39 Å². The molecule has 0 radical (unpaired) electrons. The van der Waals surface area contributed by atoms with Gasteiger partial charge in [0.2, 0.25) is 0 Å². The van der Waals surface area contributed by atoms with Crippen LogP contribution in [0.5, 0.6) is 0 Å². The molecule has 0 saturated heterocycles. The molecule has 20 heavy (non-hydrogen) atoms. The van der Waals surface area contributed by atoms with Gasteiger partial charge < -0.3 is 0 Å². The summed E-state index contributed by atoms with van der Waals surface area (Å²) >= 11 is 1.31. The Balaban J connectivity index is 2.30. The Bertz CT molecular complexity index is 577. The first-order valence-corrected chi connectivity index (χ1v) is 7.23. The number of aromatic nitrogens is 2. The molecule has 1 heterocycles. The highest BCUT2D eigenvalue weighted by molar-refractivity contribution is 7.05. The largest absolute Gasteiger partial charge is 0.271 e. The molecule has 3 N–H and O–H groups in total. The molecule has 4 nitrogen and oxygen atoms in total. The molecule has 6 heteroatoms. The van der Waals surface area contributed by atoms with Crippen molar-refractivity contribution >= 4 is 11.5 Å². The summed E-state index contributed by atoms with van der Waals surface area (Å²) in [6.07, 6.45) is 0.468. The summed E-state index contributed by atoms with van der Waals surface area (Å²) in [5.41, 5.74) is 4.17. The molecule has 2 rings (SSSR count). The summed E-state index contributed by atoms with van der Waals surface area (Å²) in [6, 6.07) is 6.53. The molecule has 0 saturated carbocycles. The van der Waals surface area contributed by atoms with Crippen molar-refractivity contribution in [1.82, 2.24) is 15.0 Å². The van der Waals surface area contributed by atoms with Gasteiger partial charge in [-0.2, -0.15) is 0 Å². The molecule has 0 amide bonds. The number of nitrogens with one attached hydrogen (secondary N) is 1. The molecule has 0 bridgehead atoms. The summed E-state index contributed by atoms with van der Waals surface area (Å²) in [7, 11) is 0. The van der Waals surface area contributed by atoms with Gasteiger partial charge in [-0.3, -0.25) is 11.3 Å². The Morgan fingerprint density at radius 3 is 2.65 bits per heavy atom. The van der Waals surface area contributed by atoms with Gasteiger partial charge in [-0.1, -0.05) is 43.5 Å². The number of nitrogens with two attached hydrogens (primary N) is 1. The Morgan fingerprint density at radius 2 is 2.05 bits per heavy atom. The van der Waals surface area contributed by atoms with Crippen LogP contribution in [0, 0.1) is 5.82 Å². The molecule has 0 aliphatic rings. The van der Waals surface area contributed by atoms with Crippen LogP contribution >= 0.6 is 11.5 Å². The van der Waals surface area contributed by atoms with Gasteiger partial charge >= 0.3 is 0 Å². The van der Waals surface area contributed by atoms with Crippen LogP contribution in [0.25, 0.3) is 0 Å². The lowest BCUT2D eigenvalue weighted by molar-refractivity contribution is 0.505. The number of nitrogens with zero attached hydrogens (tertiary/aromatic N) is 2. The van der Waals surface area contributed by atoms with E-state index in [4.69, 9.17) is 5.84 Å². The minimum atomic E-state index is -0.220. The van der Waals surface area contributed by atoms with Crippen molar-refractivity contribution in [3.05, 3.63) is 46.2 Å². The second-order valence-corrected chi connectivity index (χ2v) is 6.54. The van der Waals surface area contributed by atoms with E-state index < -0.39 is 0 Å². The van der Waals surface area contributed by atoms with E-state index >= 15 is 0 Å². The zero-order valence-electron chi connectivity index (χ0n) is 11.9. The van der Waals surface area contributed by atoms with Crippen LogP contribution in [0.3, 0.4) is 0 Å². The summed E-state index contributed by atoms with van der Waals surface area (Å²) in [4.78, 5) is 0.961. The van der Waals surface area contributed by atoms with E-state index in [2.05, 4.69) is 35.8 Å². The Morgan fingerprint density at radius 1 is 1.35 bits per heavy atom. The van der Waals surface area contributed by atoms with E-state index in [-0.39, 0.29) is 17.3 Å². The third-order valence-electron chi connectivity index (χ3n) is 3.12.